The van der Waals surface area contributed by atoms with Gasteiger partial charge < -0.3 is 19.5 Å². The Morgan fingerprint density at radius 2 is 2.17 bits per heavy atom. The van der Waals surface area contributed by atoms with Crippen molar-refractivity contribution < 1.29 is 19.4 Å². The van der Waals surface area contributed by atoms with E-state index in [1.807, 2.05) is 12.1 Å². The van der Waals surface area contributed by atoms with Crippen molar-refractivity contribution in [1.82, 2.24) is 0 Å². The third-order valence-electron chi connectivity index (χ3n) is 3.26. The van der Waals surface area contributed by atoms with E-state index in [1.54, 1.807) is 26.3 Å². The van der Waals surface area contributed by atoms with Gasteiger partial charge in [-0.3, -0.25) is 4.79 Å². The molecule has 0 spiro atoms. The Bertz CT molecular complexity index is 437. The topological polar surface area (TPSA) is 59.0 Å². The first-order valence-electron chi connectivity index (χ1n) is 5.74. The van der Waals surface area contributed by atoms with E-state index in [0.717, 1.165) is 0 Å². The maximum absolute atomic E-state index is 12.4. The van der Waals surface area contributed by atoms with Crippen molar-refractivity contribution in [2.24, 2.45) is 5.41 Å². The maximum Gasteiger partial charge on any atom is 0.240 e. The summed E-state index contributed by atoms with van der Waals surface area (Å²) in [6.45, 7) is 0.328. The fourth-order valence-corrected chi connectivity index (χ4v) is 2.00. The van der Waals surface area contributed by atoms with Crippen LogP contribution < -0.4 is 9.64 Å². The molecule has 1 heterocycles. The normalized spacial score (nSPS) is 16.8. The predicted octanol–water partition coefficient (Wildman–Crippen LogP) is 0.667. The zero-order chi connectivity index (χ0) is 13.2. The molecular formula is C13H17NO4. The average molecular weight is 251 g/mol. The van der Waals surface area contributed by atoms with Gasteiger partial charge in [0.2, 0.25) is 5.91 Å². The van der Waals surface area contributed by atoms with Gasteiger partial charge in [-0.25, -0.2) is 0 Å². The number of carbonyl (C=O) groups is 1. The van der Waals surface area contributed by atoms with E-state index in [-0.39, 0.29) is 25.7 Å². The van der Waals surface area contributed by atoms with Crippen LogP contribution in [-0.4, -0.2) is 45.0 Å². The number of benzene rings is 1. The van der Waals surface area contributed by atoms with Gasteiger partial charge in [0, 0.05) is 7.05 Å². The number of hydrogen-bond donors (Lipinski definition) is 1. The maximum atomic E-state index is 12.4. The summed E-state index contributed by atoms with van der Waals surface area (Å²) in [5.41, 5.74) is -0.111. The van der Waals surface area contributed by atoms with Gasteiger partial charge in [-0.1, -0.05) is 12.1 Å². The van der Waals surface area contributed by atoms with Crippen LogP contribution in [0.1, 0.15) is 0 Å². The van der Waals surface area contributed by atoms with E-state index in [2.05, 4.69) is 0 Å². The molecule has 1 aromatic carbocycles. The van der Waals surface area contributed by atoms with Crippen molar-refractivity contribution in [1.29, 1.82) is 0 Å². The molecule has 1 aliphatic rings. The average Bonchev–Trinajstić information content (AvgIpc) is 2.37. The SMILES string of the molecule is COc1ccccc1N(C)C(=O)C1(CO)COC1. The first kappa shape index (κ1) is 12.9. The Labute approximate surface area is 106 Å². The number of hydrogen-bond acceptors (Lipinski definition) is 4. The summed E-state index contributed by atoms with van der Waals surface area (Å²) in [4.78, 5) is 13.9. The molecule has 18 heavy (non-hydrogen) atoms. The monoisotopic (exact) mass is 251 g/mol. The minimum absolute atomic E-state index is 0.152. The van der Waals surface area contributed by atoms with Gasteiger partial charge >= 0.3 is 0 Å². The molecule has 1 fully saturated rings. The van der Waals surface area contributed by atoms with Crippen LogP contribution in [0, 0.1) is 5.41 Å². The van der Waals surface area contributed by atoms with Gasteiger partial charge in [-0.15, -0.1) is 0 Å². The van der Waals surface area contributed by atoms with Gasteiger partial charge in [0.05, 0.1) is 32.6 Å². The molecule has 0 radical (unpaired) electrons. The molecule has 1 amide bonds. The zero-order valence-electron chi connectivity index (χ0n) is 10.5. The van der Waals surface area contributed by atoms with Gasteiger partial charge in [0.15, 0.2) is 0 Å². The number of amides is 1. The number of nitrogens with zero attached hydrogens (tertiary/aromatic N) is 1. The van der Waals surface area contributed by atoms with Crippen LogP contribution >= 0.6 is 0 Å². The Morgan fingerprint density at radius 3 is 2.67 bits per heavy atom. The standard InChI is InChI=1S/C13H17NO4/c1-14(10-5-3-4-6-11(10)17-2)12(16)13(7-15)8-18-9-13/h3-6,15H,7-9H2,1-2H3. The fraction of sp³-hybridized carbons (Fsp3) is 0.462. The summed E-state index contributed by atoms with van der Waals surface area (Å²) in [7, 11) is 3.24. The van der Waals surface area contributed by atoms with E-state index < -0.39 is 5.41 Å². The second-order valence-corrected chi connectivity index (χ2v) is 4.47. The second-order valence-electron chi connectivity index (χ2n) is 4.47. The summed E-state index contributed by atoms with van der Waals surface area (Å²) >= 11 is 0. The number of carbonyl (C=O) groups excluding carboxylic acids is 1. The highest BCUT2D eigenvalue weighted by atomic mass is 16.5. The highest BCUT2D eigenvalue weighted by molar-refractivity contribution is 5.99. The number of aliphatic hydroxyl groups excluding tert-OH is 1. The van der Waals surface area contributed by atoms with E-state index >= 15 is 0 Å². The second kappa shape index (κ2) is 4.96. The molecule has 5 nitrogen and oxygen atoms in total. The molecule has 1 aromatic rings. The lowest BCUT2D eigenvalue weighted by Crippen LogP contribution is -2.56. The fourth-order valence-electron chi connectivity index (χ4n) is 2.00. The Kier molecular flexibility index (Phi) is 3.54. The quantitative estimate of drug-likeness (QED) is 0.854. The molecule has 1 N–H and O–H groups in total. The summed E-state index contributed by atoms with van der Waals surface area (Å²) < 4.78 is 10.3. The molecule has 0 aliphatic carbocycles. The molecule has 0 saturated carbocycles. The Morgan fingerprint density at radius 1 is 1.50 bits per heavy atom. The van der Waals surface area contributed by atoms with Gasteiger partial charge in [-0.2, -0.15) is 0 Å². The lowest BCUT2D eigenvalue weighted by molar-refractivity contribution is -0.166. The van der Waals surface area contributed by atoms with Crippen LogP contribution in [0.5, 0.6) is 5.75 Å². The van der Waals surface area contributed by atoms with Crippen LogP contribution in [0.2, 0.25) is 0 Å². The van der Waals surface area contributed by atoms with Crippen LogP contribution in [0.25, 0.3) is 0 Å². The molecular weight excluding hydrogens is 234 g/mol. The number of methoxy groups -OCH3 is 1. The predicted molar refractivity (Wildman–Crippen MR) is 66.7 cm³/mol. The molecule has 98 valence electrons. The number of anilines is 1. The van der Waals surface area contributed by atoms with Gasteiger partial charge in [0.1, 0.15) is 11.2 Å². The molecule has 0 unspecified atom stereocenters. The lowest BCUT2D eigenvalue weighted by Gasteiger charge is -2.40. The van der Waals surface area contributed by atoms with Crippen molar-refractivity contribution in [3.05, 3.63) is 24.3 Å². The van der Waals surface area contributed by atoms with E-state index in [4.69, 9.17) is 9.47 Å². The Hall–Kier alpha value is -1.59. The van der Waals surface area contributed by atoms with Crippen molar-refractivity contribution in [3.63, 3.8) is 0 Å². The molecule has 1 saturated heterocycles. The summed E-state index contributed by atoms with van der Waals surface area (Å²) in [5.74, 6) is 0.474. The number of rotatable bonds is 4. The number of aliphatic hydroxyl groups is 1. The van der Waals surface area contributed by atoms with Crippen molar-refractivity contribution in [2.75, 3.05) is 38.9 Å². The zero-order valence-corrected chi connectivity index (χ0v) is 10.5. The smallest absolute Gasteiger partial charge is 0.240 e. The summed E-state index contributed by atoms with van der Waals surface area (Å²) in [5, 5.41) is 9.37. The molecule has 0 bridgehead atoms. The first-order valence-corrected chi connectivity index (χ1v) is 5.74. The van der Waals surface area contributed by atoms with E-state index in [1.165, 1.54) is 4.90 Å². The third-order valence-corrected chi connectivity index (χ3v) is 3.26. The number of ether oxygens (including phenoxy) is 2. The molecule has 0 aromatic heterocycles. The highest BCUT2D eigenvalue weighted by Crippen LogP contribution is 2.34. The van der Waals surface area contributed by atoms with Crippen LogP contribution in [0.3, 0.4) is 0 Å². The van der Waals surface area contributed by atoms with Gasteiger partial charge in [-0.05, 0) is 12.1 Å². The molecule has 2 rings (SSSR count). The largest absolute Gasteiger partial charge is 0.495 e. The van der Waals surface area contributed by atoms with Crippen molar-refractivity contribution in [3.8, 4) is 5.75 Å². The minimum Gasteiger partial charge on any atom is -0.495 e. The molecule has 5 heteroatoms. The van der Waals surface area contributed by atoms with E-state index in [9.17, 15) is 9.90 Å². The van der Waals surface area contributed by atoms with Gasteiger partial charge in [0.25, 0.3) is 0 Å². The molecule has 1 aliphatic heterocycles. The summed E-state index contributed by atoms with van der Waals surface area (Å²) in [6, 6.07) is 7.28. The van der Waals surface area contributed by atoms with Crippen molar-refractivity contribution in [2.45, 2.75) is 0 Å². The summed E-state index contributed by atoms with van der Waals surface area (Å²) in [6.07, 6.45) is 0. The lowest BCUT2D eigenvalue weighted by atomic mass is 9.85. The van der Waals surface area contributed by atoms with Crippen molar-refractivity contribution >= 4 is 11.6 Å². The Balaban J connectivity index is 2.25. The van der Waals surface area contributed by atoms with Crippen LogP contribution in [-0.2, 0) is 9.53 Å². The van der Waals surface area contributed by atoms with Crippen LogP contribution in [0.4, 0.5) is 5.69 Å². The molecule has 0 atom stereocenters. The van der Waals surface area contributed by atoms with Crippen LogP contribution in [0.15, 0.2) is 24.3 Å². The van der Waals surface area contributed by atoms with E-state index in [0.29, 0.717) is 11.4 Å². The number of para-hydroxylation sites is 2. The first-order chi connectivity index (χ1) is 8.64. The third kappa shape index (κ3) is 1.95. The minimum atomic E-state index is -0.796. The highest BCUT2D eigenvalue weighted by Gasteiger charge is 2.47.